The number of rotatable bonds is 2. The Bertz CT molecular complexity index is 248. The van der Waals surface area contributed by atoms with Gasteiger partial charge in [0.25, 0.3) is 0 Å². The molecule has 1 fully saturated rings. The van der Waals surface area contributed by atoms with E-state index in [1.807, 2.05) is 17.8 Å². The lowest BCUT2D eigenvalue weighted by Crippen LogP contribution is -2.23. The molecule has 0 N–H and O–H groups in total. The van der Waals surface area contributed by atoms with Crippen LogP contribution in [-0.2, 0) is 6.67 Å². The Labute approximate surface area is 73.0 Å². The van der Waals surface area contributed by atoms with Crippen molar-refractivity contribution < 1.29 is 0 Å². The molecular weight excluding hydrogens is 150 g/mol. The van der Waals surface area contributed by atoms with Gasteiger partial charge in [-0.25, -0.2) is 0 Å². The molecule has 0 unspecified atom stereocenters. The second-order valence-corrected chi connectivity index (χ2v) is 3.46. The van der Waals surface area contributed by atoms with Gasteiger partial charge in [0.2, 0.25) is 0 Å². The Morgan fingerprint density at radius 1 is 1.42 bits per heavy atom. The summed E-state index contributed by atoms with van der Waals surface area (Å²) >= 11 is 0. The molecule has 2 heterocycles. The van der Waals surface area contributed by atoms with Gasteiger partial charge in [0.15, 0.2) is 0 Å². The van der Waals surface area contributed by atoms with Gasteiger partial charge in [-0.1, -0.05) is 0 Å². The lowest BCUT2D eigenvalue weighted by molar-refractivity contribution is 0.255. The van der Waals surface area contributed by atoms with Crippen LogP contribution in [0.15, 0.2) is 12.3 Å². The summed E-state index contributed by atoms with van der Waals surface area (Å²) < 4.78 is 2.01. The summed E-state index contributed by atoms with van der Waals surface area (Å²) in [7, 11) is 0. The Kier molecular flexibility index (Phi) is 2.13. The maximum atomic E-state index is 4.35. The highest BCUT2D eigenvalue weighted by atomic mass is 15.4. The average molecular weight is 165 g/mol. The zero-order valence-corrected chi connectivity index (χ0v) is 7.53. The highest BCUT2D eigenvalue weighted by Crippen LogP contribution is 2.08. The minimum Gasteiger partial charge on any atom is -0.284 e. The first-order chi connectivity index (χ1) is 5.84. The molecule has 3 heteroatoms. The standard InChI is InChI=1S/C9H15N3/c1-9-4-7-12(10-9)8-11-5-2-3-6-11/h4,7H,2-3,5-6,8H2,1H3. The van der Waals surface area contributed by atoms with E-state index in [9.17, 15) is 0 Å². The Balaban J connectivity index is 1.94. The summed E-state index contributed by atoms with van der Waals surface area (Å²) in [6.45, 7) is 5.46. The van der Waals surface area contributed by atoms with Crippen LogP contribution < -0.4 is 0 Å². The lowest BCUT2D eigenvalue weighted by Gasteiger charge is -2.13. The third-order valence-corrected chi connectivity index (χ3v) is 2.32. The van der Waals surface area contributed by atoms with Crippen molar-refractivity contribution in [1.82, 2.24) is 14.7 Å². The van der Waals surface area contributed by atoms with Gasteiger partial charge in [-0.3, -0.25) is 9.58 Å². The fourth-order valence-electron chi connectivity index (χ4n) is 1.67. The monoisotopic (exact) mass is 165 g/mol. The molecule has 0 spiro atoms. The van der Waals surface area contributed by atoms with Gasteiger partial charge in [0, 0.05) is 6.20 Å². The Morgan fingerprint density at radius 3 is 2.75 bits per heavy atom. The van der Waals surface area contributed by atoms with Crippen LogP contribution in [0.3, 0.4) is 0 Å². The van der Waals surface area contributed by atoms with E-state index in [1.165, 1.54) is 25.9 Å². The number of hydrogen-bond donors (Lipinski definition) is 0. The van der Waals surface area contributed by atoms with Gasteiger partial charge in [-0.05, 0) is 38.9 Å². The van der Waals surface area contributed by atoms with E-state index < -0.39 is 0 Å². The van der Waals surface area contributed by atoms with E-state index in [4.69, 9.17) is 0 Å². The molecular formula is C9H15N3. The molecule has 0 saturated carbocycles. The topological polar surface area (TPSA) is 21.1 Å². The van der Waals surface area contributed by atoms with E-state index in [-0.39, 0.29) is 0 Å². The minimum absolute atomic E-state index is 0.966. The summed E-state index contributed by atoms with van der Waals surface area (Å²) in [4.78, 5) is 2.44. The fraction of sp³-hybridized carbons (Fsp3) is 0.667. The average Bonchev–Trinajstić information content (AvgIpc) is 2.63. The van der Waals surface area contributed by atoms with Crippen LogP contribution in [0.5, 0.6) is 0 Å². The number of likely N-dealkylation sites (tertiary alicyclic amines) is 1. The normalized spacial score (nSPS) is 18.8. The van der Waals surface area contributed by atoms with Crippen LogP contribution >= 0.6 is 0 Å². The molecule has 0 atom stereocenters. The zero-order chi connectivity index (χ0) is 8.39. The smallest absolute Gasteiger partial charge is 0.0928 e. The SMILES string of the molecule is Cc1ccn(CN2CCCC2)n1. The van der Waals surface area contributed by atoms with Crippen LogP contribution in [0.4, 0.5) is 0 Å². The van der Waals surface area contributed by atoms with Gasteiger partial charge in [-0.2, -0.15) is 5.10 Å². The quantitative estimate of drug-likeness (QED) is 0.657. The molecule has 1 aromatic rings. The molecule has 0 aromatic carbocycles. The van der Waals surface area contributed by atoms with E-state index in [0.717, 1.165) is 12.4 Å². The van der Waals surface area contributed by atoms with Crippen molar-refractivity contribution in [3.05, 3.63) is 18.0 Å². The predicted molar refractivity (Wildman–Crippen MR) is 47.8 cm³/mol. The third-order valence-electron chi connectivity index (χ3n) is 2.32. The molecule has 0 aliphatic carbocycles. The molecule has 0 amide bonds. The van der Waals surface area contributed by atoms with Crippen molar-refractivity contribution >= 4 is 0 Å². The molecule has 12 heavy (non-hydrogen) atoms. The Morgan fingerprint density at radius 2 is 2.17 bits per heavy atom. The van der Waals surface area contributed by atoms with Gasteiger partial charge in [0.1, 0.15) is 0 Å². The van der Waals surface area contributed by atoms with E-state index in [1.54, 1.807) is 0 Å². The van der Waals surface area contributed by atoms with Gasteiger partial charge in [-0.15, -0.1) is 0 Å². The van der Waals surface area contributed by atoms with Crippen molar-refractivity contribution in [3.8, 4) is 0 Å². The minimum atomic E-state index is 0.966. The first-order valence-electron chi connectivity index (χ1n) is 4.57. The zero-order valence-electron chi connectivity index (χ0n) is 7.53. The highest BCUT2D eigenvalue weighted by Gasteiger charge is 2.11. The van der Waals surface area contributed by atoms with Crippen LogP contribution in [0, 0.1) is 6.92 Å². The summed E-state index contributed by atoms with van der Waals surface area (Å²) in [5.74, 6) is 0. The summed E-state index contributed by atoms with van der Waals surface area (Å²) in [5.41, 5.74) is 1.11. The van der Waals surface area contributed by atoms with Crippen molar-refractivity contribution in [2.24, 2.45) is 0 Å². The first-order valence-corrected chi connectivity index (χ1v) is 4.57. The molecule has 2 rings (SSSR count). The lowest BCUT2D eigenvalue weighted by atomic mass is 10.4. The summed E-state index contributed by atoms with van der Waals surface area (Å²) in [6.07, 6.45) is 4.74. The molecule has 0 radical (unpaired) electrons. The number of aromatic nitrogens is 2. The highest BCUT2D eigenvalue weighted by molar-refractivity contribution is 4.94. The Hall–Kier alpha value is -0.830. The molecule has 1 saturated heterocycles. The van der Waals surface area contributed by atoms with Crippen molar-refractivity contribution in [2.45, 2.75) is 26.4 Å². The maximum absolute atomic E-state index is 4.35. The van der Waals surface area contributed by atoms with Crippen molar-refractivity contribution in [1.29, 1.82) is 0 Å². The predicted octanol–water partition coefficient (Wildman–Crippen LogP) is 1.24. The summed E-state index contributed by atoms with van der Waals surface area (Å²) in [5, 5.41) is 4.35. The van der Waals surface area contributed by atoms with Crippen molar-refractivity contribution in [3.63, 3.8) is 0 Å². The molecule has 66 valence electrons. The second kappa shape index (κ2) is 3.27. The van der Waals surface area contributed by atoms with Gasteiger partial charge in [0.05, 0.1) is 12.4 Å². The van der Waals surface area contributed by atoms with Crippen LogP contribution in [0.1, 0.15) is 18.5 Å². The van der Waals surface area contributed by atoms with Crippen LogP contribution in [-0.4, -0.2) is 27.8 Å². The molecule has 1 aliphatic rings. The van der Waals surface area contributed by atoms with Gasteiger partial charge < -0.3 is 0 Å². The molecule has 1 aliphatic heterocycles. The van der Waals surface area contributed by atoms with E-state index in [2.05, 4.69) is 16.1 Å². The second-order valence-electron chi connectivity index (χ2n) is 3.46. The number of aryl methyl sites for hydroxylation is 1. The molecule has 3 nitrogen and oxygen atoms in total. The largest absolute Gasteiger partial charge is 0.284 e. The van der Waals surface area contributed by atoms with Gasteiger partial charge >= 0.3 is 0 Å². The van der Waals surface area contributed by atoms with Crippen LogP contribution in [0.2, 0.25) is 0 Å². The third kappa shape index (κ3) is 1.67. The van der Waals surface area contributed by atoms with Crippen LogP contribution in [0.25, 0.3) is 0 Å². The summed E-state index contributed by atoms with van der Waals surface area (Å²) in [6, 6.07) is 2.05. The first kappa shape index (κ1) is 7.80. The molecule has 0 bridgehead atoms. The van der Waals surface area contributed by atoms with E-state index >= 15 is 0 Å². The van der Waals surface area contributed by atoms with Crippen molar-refractivity contribution in [2.75, 3.05) is 13.1 Å². The fourth-order valence-corrected chi connectivity index (χ4v) is 1.67. The maximum Gasteiger partial charge on any atom is 0.0928 e. The van der Waals surface area contributed by atoms with E-state index in [0.29, 0.717) is 0 Å². The number of nitrogens with zero attached hydrogens (tertiary/aromatic N) is 3. The molecule has 1 aromatic heterocycles. The number of hydrogen-bond acceptors (Lipinski definition) is 2.